The molecule has 42 heavy (non-hydrogen) atoms. The SMILES string of the molecule is CN(C)CCOc1ccc(/C(=C(\CCCl)c2ccccc2)c2ccccc2)cc1.O=C(O)CC(O)(CC(=O)O)C(=O)O. The van der Waals surface area contributed by atoms with Crippen LogP contribution in [0.3, 0.4) is 0 Å². The Morgan fingerprint density at radius 2 is 1.24 bits per heavy atom. The van der Waals surface area contributed by atoms with Crippen molar-refractivity contribution < 1.29 is 39.5 Å². The predicted molar refractivity (Wildman–Crippen MR) is 162 cm³/mol. The first kappa shape index (κ1) is 34.0. The van der Waals surface area contributed by atoms with Crippen molar-refractivity contribution in [3.05, 3.63) is 102 Å². The van der Waals surface area contributed by atoms with E-state index in [-0.39, 0.29) is 0 Å². The van der Waals surface area contributed by atoms with Crippen LogP contribution in [0.4, 0.5) is 0 Å². The molecule has 0 amide bonds. The summed E-state index contributed by atoms with van der Waals surface area (Å²) in [6, 6.07) is 29.4. The molecule has 224 valence electrons. The second kappa shape index (κ2) is 16.9. The van der Waals surface area contributed by atoms with Crippen LogP contribution >= 0.6 is 11.6 Å². The topological polar surface area (TPSA) is 145 Å². The van der Waals surface area contributed by atoms with Gasteiger partial charge in [0, 0.05) is 12.4 Å². The van der Waals surface area contributed by atoms with E-state index in [4.69, 9.17) is 36.8 Å². The van der Waals surface area contributed by atoms with Crippen LogP contribution in [0.25, 0.3) is 11.1 Å². The number of benzene rings is 3. The Balaban J connectivity index is 0.000000401. The summed E-state index contributed by atoms with van der Waals surface area (Å²) in [4.78, 5) is 32.6. The smallest absolute Gasteiger partial charge is 0.336 e. The van der Waals surface area contributed by atoms with Gasteiger partial charge in [0.15, 0.2) is 5.60 Å². The van der Waals surface area contributed by atoms with E-state index in [0.717, 1.165) is 18.7 Å². The highest BCUT2D eigenvalue weighted by molar-refractivity contribution is 6.18. The summed E-state index contributed by atoms with van der Waals surface area (Å²) >= 11 is 6.21. The van der Waals surface area contributed by atoms with Gasteiger partial charge in [0.05, 0.1) is 12.8 Å². The first-order chi connectivity index (χ1) is 20.0. The molecular formula is C32H36ClNO8. The number of carboxylic acids is 3. The molecule has 0 aliphatic heterocycles. The Hall–Kier alpha value is -4.18. The van der Waals surface area contributed by atoms with Crippen LogP contribution in [-0.4, -0.2) is 82.0 Å². The number of aliphatic carboxylic acids is 3. The molecule has 0 aliphatic carbocycles. The van der Waals surface area contributed by atoms with Gasteiger partial charge in [-0.05, 0) is 60.5 Å². The van der Waals surface area contributed by atoms with Gasteiger partial charge < -0.3 is 30.1 Å². The molecule has 0 heterocycles. The van der Waals surface area contributed by atoms with Gasteiger partial charge in [-0.1, -0.05) is 72.8 Å². The lowest BCUT2D eigenvalue weighted by molar-refractivity contribution is -0.170. The number of carbonyl (C=O) groups is 3. The van der Waals surface area contributed by atoms with E-state index < -0.39 is 36.4 Å². The van der Waals surface area contributed by atoms with Crippen LogP contribution in [-0.2, 0) is 14.4 Å². The van der Waals surface area contributed by atoms with Crippen molar-refractivity contribution in [2.45, 2.75) is 24.9 Å². The van der Waals surface area contributed by atoms with E-state index in [1.807, 2.05) is 26.2 Å². The van der Waals surface area contributed by atoms with Gasteiger partial charge in [0.2, 0.25) is 0 Å². The Labute approximate surface area is 250 Å². The molecule has 3 rings (SSSR count). The quantitative estimate of drug-likeness (QED) is 0.149. The number of alkyl halides is 1. The largest absolute Gasteiger partial charge is 0.492 e. The summed E-state index contributed by atoms with van der Waals surface area (Å²) in [5.41, 5.74) is 3.30. The van der Waals surface area contributed by atoms with Crippen LogP contribution < -0.4 is 4.74 Å². The highest BCUT2D eigenvalue weighted by Crippen LogP contribution is 2.35. The Morgan fingerprint density at radius 3 is 1.67 bits per heavy atom. The highest BCUT2D eigenvalue weighted by Gasteiger charge is 2.40. The van der Waals surface area contributed by atoms with Gasteiger partial charge in [-0.25, -0.2) is 4.79 Å². The van der Waals surface area contributed by atoms with Gasteiger partial charge in [-0.2, -0.15) is 0 Å². The molecule has 10 heteroatoms. The maximum atomic E-state index is 10.3. The lowest BCUT2D eigenvalue weighted by Gasteiger charge is -2.18. The second-order valence-electron chi connectivity index (χ2n) is 9.68. The van der Waals surface area contributed by atoms with E-state index in [0.29, 0.717) is 12.5 Å². The minimum absolute atomic E-state index is 0.576. The van der Waals surface area contributed by atoms with E-state index in [2.05, 4.69) is 77.7 Å². The van der Waals surface area contributed by atoms with Gasteiger partial charge in [-0.3, -0.25) is 9.59 Å². The number of rotatable bonds is 14. The van der Waals surface area contributed by atoms with E-state index in [1.54, 1.807) is 0 Å². The number of carboxylic acid groups (broad SMARTS) is 3. The average molecular weight is 598 g/mol. The van der Waals surface area contributed by atoms with Crippen molar-refractivity contribution in [3.63, 3.8) is 0 Å². The number of hydrogen-bond donors (Lipinski definition) is 4. The maximum Gasteiger partial charge on any atom is 0.336 e. The third-order valence-electron chi connectivity index (χ3n) is 6.07. The highest BCUT2D eigenvalue weighted by atomic mass is 35.5. The lowest BCUT2D eigenvalue weighted by Crippen LogP contribution is -2.42. The summed E-state index contributed by atoms with van der Waals surface area (Å²) in [6.07, 6.45) is -1.49. The van der Waals surface area contributed by atoms with E-state index >= 15 is 0 Å². The molecule has 3 aromatic rings. The van der Waals surface area contributed by atoms with Crippen molar-refractivity contribution in [2.24, 2.45) is 0 Å². The zero-order chi connectivity index (χ0) is 31.1. The first-order valence-corrected chi connectivity index (χ1v) is 13.7. The molecule has 4 N–H and O–H groups in total. The molecule has 0 unspecified atom stereocenters. The number of aliphatic hydroxyl groups is 1. The molecular weight excluding hydrogens is 562 g/mol. The molecule has 9 nitrogen and oxygen atoms in total. The van der Waals surface area contributed by atoms with Gasteiger partial charge in [0.1, 0.15) is 12.4 Å². The lowest BCUT2D eigenvalue weighted by atomic mass is 9.88. The fourth-order valence-electron chi connectivity index (χ4n) is 4.05. The summed E-state index contributed by atoms with van der Waals surface area (Å²) < 4.78 is 5.87. The Kier molecular flexibility index (Phi) is 13.7. The van der Waals surface area contributed by atoms with Crippen LogP contribution in [0, 0.1) is 0 Å². The number of allylic oxidation sites excluding steroid dienone is 1. The fourth-order valence-corrected chi connectivity index (χ4v) is 4.23. The minimum Gasteiger partial charge on any atom is -0.492 e. The minimum atomic E-state index is -2.74. The van der Waals surface area contributed by atoms with Gasteiger partial charge in [-0.15, -0.1) is 11.6 Å². The van der Waals surface area contributed by atoms with Crippen molar-refractivity contribution in [3.8, 4) is 5.75 Å². The number of halogens is 1. The molecule has 0 fully saturated rings. The fraction of sp³-hybridized carbons (Fsp3) is 0.281. The average Bonchev–Trinajstić information content (AvgIpc) is 2.94. The molecule has 0 saturated carbocycles. The summed E-state index contributed by atoms with van der Waals surface area (Å²) in [5, 5.41) is 33.8. The summed E-state index contributed by atoms with van der Waals surface area (Å²) in [7, 11) is 4.09. The molecule has 0 radical (unpaired) electrons. The van der Waals surface area contributed by atoms with E-state index in [1.165, 1.54) is 27.8 Å². The van der Waals surface area contributed by atoms with Gasteiger partial charge in [0.25, 0.3) is 0 Å². The molecule has 0 aliphatic rings. The normalized spacial score (nSPS) is 11.6. The molecule has 0 spiro atoms. The van der Waals surface area contributed by atoms with Crippen LogP contribution in [0.5, 0.6) is 5.75 Å². The number of ether oxygens (including phenoxy) is 1. The number of nitrogens with zero attached hydrogens (tertiary/aromatic N) is 1. The van der Waals surface area contributed by atoms with Gasteiger partial charge >= 0.3 is 17.9 Å². The van der Waals surface area contributed by atoms with E-state index in [9.17, 15) is 14.4 Å². The summed E-state index contributed by atoms with van der Waals surface area (Å²) in [6.45, 7) is 1.57. The van der Waals surface area contributed by atoms with Crippen LogP contribution in [0.1, 0.15) is 36.0 Å². The van der Waals surface area contributed by atoms with Crippen molar-refractivity contribution in [1.29, 1.82) is 0 Å². The maximum absolute atomic E-state index is 10.3. The van der Waals surface area contributed by atoms with Crippen molar-refractivity contribution >= 4 is 40.7 Å². The molecule has 0 aromatic heterocycles. The van der Waals surface area contributed by atoms with Crippen molar-refractivity contribution in [1.82, 2.24) is 4.90 Å². The third kappa shape index (κ3) is 11.0. The third-order valence-corrected chi connectivity index (χ3v) is 6.26. The number of likely N-dealkylation sites (N-methyl/N-ethyl adjacent to an activating group) is 1. The zero-order valence-corrected chi connectivity index (χ0v) is 24.3. The molecule has 0 saturated heterocycles. The molecule has 0 bridgehead atoms. The second-order valence-corrected chi connectivity index (χ2v) is 10.1. The Morgan fingerprint density at radius 1 is 0.762 bits per heavy atom. The molecule has 3 aromatic carbocycles. The number of hydrogen-bond acceptors (Lipinski definition) is 6. The Bertz CT molecular complexity index is 1310. The van der Waals surface area contributed by atoms with Crippen LogP contribution in [0.15, 0.2) is 84.9 Å². The monoisotopic (exact) mass is 597 g/mol. The van der Waals surface area contributed by atoms with Crippen LogP contribution in [0.2, 0.25) is 0 Å². The van der Waals surface area contributed by atoms with Crippen molar-refractivity contribution in [2.75, 3.05) is 33.1 Å². The summed E-state index contributed by atoms with van der Waals surface area (Å²) in [5.74, 6) is -3.55. The molecule has 0 atom stereocenters. The first-order valence-electron chi connectivity index (χ1n) is 13.1. The predicted octanol–water partition coefficient (Wildman–Crippen LogP) is 4.97. The zero-order valence-electron chi connectivity index (χ0n) is 23.6. The standard InChI is InChI=1S/C26H28ClNO.C6H8O7/c1-28(2)19-20-29-24-15-13-23(14-16-24)26(22-11-7-4-8-12-22)25(17-18-27)21-9-5-3-6-10-21;7-3(8)1-6(13,5(11)12)2-4(9)10/h3-16H,17-20H2,1-2H3;13H,1-2H2,(H,7,8)(H,9,10)(H,11,12)/b26-25+;.